The first-order chi connectivity index (χ1) is 8.87. The van der Waals surface area contributed by atoms with Gasteiger partial charge in [-0.05, 0) is 36.0 Å². The van der Waals surface area contributed by atoms with Crippen molar-refractivity contribution in [1.29, 1.82) is 0 Å². The van der Waals surface area contributed by atoms with E-state index in [9.17, 15) is 9.90 Å². The molecule has 1 aromatic carbocycles. The zero-order valence-corrected chi connectivity index (χ0v) is 12.0. The second-order valence-corrected chi connectivity index (χ2v) is 6.57. The van der Waals surface area contributed by atoms with E-state index in [-0.39, 0.29) is 17.9 Å². The molecule has 1 fully saturated rings. The number of nitrogens with one attached hydrogen (secondary N) is 1. The highest BCUT2D eigenvalue weighted by Gasteiger charge is 2.43. The van der Waals surface area contributed by atoms with Crippen LogP contribution in [0.4, 0.5) is 5.69 Å². The summed E-state index contributed by atoms with van der Waals surface area (Å²) in [6.45, 7) is 6.43. The van der Waals surface area contributed by atoms with Gasteiger partial charge in [-0.1, -0.05) is 39.3 Å². The Morgan fingerprint density at radius 2 is 1.84 bits per heavy atom. The van der Waals surface area contributed by atoms with Crippen LogP contribution in [-0.2, 0) is 10.2 Å². The first kappa shape index (κ1) is 14.1. The van der Waals surface area contributed by atoms with Crippen molar-refractivity contribution >= 4 is 11.6 Å². The van der Waals surface area contributed by atoms with Crippen molar-refractivity contribution < 1.29 is 9.90 Å². The van der Waals surface area contributed by atoms with Crippen molar-refractivity contribution in [2.24, 2.45) is 5.41 Å². The number of benzene rings is 1. The minimum atomic E-state index is -0.539. The molecule has 0 aliphatic heterocycles. The van der Waals surface area contributed by atoms with Gasteiger partial charge in [0, 0.05) is 5.69 Å². The molecule has 0 atom stereocenters. The standard InChI is InChI=1S/C16H23NO2/c1-15(2,3)12-5-7-13(8-6-12)17-14(19)16(11-18)9-4-10-16/h5-8,18H,4,9-11H2,1-3H3,(H,17,19). The lowest BCUT2D eigenvalue weighted by Crippen LogP contribution is -2.44. The fourth-order valence-electron chi connectivity index (χ4n) is 2.38. The maximum absolute atomic E-state index is 12.2. The van der Waals surface area contributed by atoms with E-state index in [1.54, 1.807) is 0 Å². The third-order valence-corrected chi connectivity index (χ3v) is 4.10. The van der Waals surface area contributed by atoms with Crippen molar-refractivity contribution in [3.63, 3.8) is 0 Å². The minimum absolute atomic E-state index is 0.0511. The van der Waals surface area contributed by atoms with Crippen LogP contribution in [0.3, 0.4) is 0 Å². The molecule has 0 aromatic heterocycles. The third-order valence-electron chi connectivity index (χ3n) is 4.10. The maximum Gasteiger partial charge on any atom is 0.232 e. The average Bonchev–Trinajstić information content (AvgIpc) is 2.27. The van der Waals surface area contributed by atoms with Gasteiger partial charge in [-0.2, -0.15) is 0 Å². The van der Waals surface area contributed by atoms with Gasteiger partial charge < -0.3 is 10.4 Å². The molecule has 0 bridgehead atoms. The van der Waals surface area contributed by atoms with Gasteiger partial charge in [-0.25, -0.2) is 0 Å². The van der Waals surface area contributed by atoms with Crippen molar-refractivity contribution in [2.75, 3.05) is 11.9 Å². The van der Waals surface area contributed by atoms with E-state index in [1.807, 2.05) is 24.3 Å². The molecule has 1 saturated carbocycles. The lowest BCUT2D eigenvalue weighted by atomic mass is 9.68. The molecule has 3 nitrogen and oxygen atoms in total. The highest BCUT2D eigenvalue weighted by Crippen LogP contribution is 2.41. The predicted octanol–water partition coefficient (Wildman–Crippen LogP) is 3.09. The highest BCUT2D eigenvalue weighted by molar-refractivity contribution is 5.96. The summed E-state index contributed by atoms with van der Waals surface area (Å²) < 4.78 is 0. The summed E-state index contributed by atoms with van der Waals surface area (Å²) in [5, 5.41) is 12.3. The van der Waals surface area contributed by atoms with Gasteiger partial charge >= 0.3 is 0 Å². The molecule has 2 rings (SSSR count). The molecule has 0 heterocycles. The summed E-state index contributed by atoms with van der Waals surface area (Å²) in [4.78, 5) is 12.2. The smallest absolute Gasteiger partial charge is 0.232 e. The van der Waals surface area contributed by atoms with E-state index in [1.165, 1.54) is 5.56 Å². The quantitative estimate of drug-likeness (QED) is 0.878. The Morgan fingerprint density at radius 1 is 1.26 bits per heavy atom. The molecule has 3 heteroatoms. The van der Waals surface area contributed by atoms with Crippen LogP contribution in [0, 0.1) is 5.41 Å². The molecule has 1 aliphatic rings. The largest absolute Gasteiger partial charge is 0.395 e. The number of aliphatic hydroxyl groups excluding tert-OH is 1. The molecule has 0 spiro atoms. The fourth-order valence-corrected chi connectivity index (χ4v) is 2.38. The van der Waals surface area contributed by atoms with Crippen LogP contribution in [0.5, 0.6) is 0 Å². The first-order valence-corrected chi connectivity index (χ1v) is 6.90. The lowest BCUT2D eigenvalue weighted by molar-refractivity contribution is -0.133. The Morgan fingerprint density at radius 3 is 2.21 bits per heavy atom. The topological polar surface area (TPSA) is 49.3 Å². The van der Waals surface area contributed by atoms with Gasteiger partial charge in [0.25, 0.3) is 0 Å². The van der Waals surface area contributed by atoms with Crippen LogP contribution in [0.15, 0.2) is 24.3 Å². The van der Waals surface area contributed by atoms with Crippen LogP contribution in [0.25, 0.3) is 0 Å². The van der Waals surface area contributed by atoms with E-state index < -0.39 is 5.41 Å². The zero-order chi connectivity index (χ0) is 14.1. The van der Waals surface area contributed by atoms with Crippen molar-refractivity contribution in [2.45, 2.75) is 45.4 Å². The normalized spacial score (nSPS) is 17.7. The molecule has 0 radical (unpaired) electrons. The number of aliphatic hydroxyl groups is 1. The summed E-state index contributed by atoms with van der Waals surface area (Å²) in [6.07, 6.45) is 2.60. The summed E-state index contributed by atoms with van der Waals surface area (Å²) in [5.41, 5.74) is 1.62. The lowest BCUT2D eigenvalue weighted by Gasteiger charge is -2.38. The highest BCUT2D eigenvalue weighted by atomic mass is 16.3. The molecule has 2 N–H and O–H groups in total. The summed E-state index contributed by atoms with van der Waals surface area (Å²) in [6, 6.07) is 7.95. The van der Waals surface area contributed by atoms with Gasteiger partial charge in [-0.3, -0.25) is 4.79 Å². The summed E-state index contributed by atoms with van der Waals surface area (Å²) >= 11 is 0. The minimum Gasteiger partial charge on any atom is -0.395 e. The molecule has 0 unspecified atom stereocenters. The molecule has 1 aliphatic carbocycles. The number of hydrogen-bond acceptors (Lipinski definition) is 2. The number of rotatable bonds is 3. The Labute approximate surface area is 115 Å². The summed E-state index contributed by atoms with van der Waals surface area (Å²) in [5.74, 6) is -0.0511. The first-order valence-electron chi connectivity index (χ1n) is 6.90. The number of anilines is 1. The number of amides is 1. The third kappa shape index (κ3) is 2.81. The van der Waals surface area contributed by atoms with E-state index in [0.717, 1.165) is 24.9 Å². The van der Waals surface area contributed by atoms with Crippen LogP contribution < -0.4 is 5.32 Å². The van der Waals surface area contributed by atoms with Gasteiger partial charge in [0.2, 0.25) is 5.91 Å². The van der Waals surface area contributed by atoms with Crippen LogP contribution in [0.1, 0.15) is 45.6 Å². The molecular weight excluding hydrogens is 238 g/mol. The Hall–Kier alpha value is -1.35. The Bertz CT molecular complexity index is 447. The molecule has 1 amide bonds. The van der Waals surface area contributed by atoms with Crippen molar-refractivity contribution in [3.05, 3.63) is 29.8 Å². The van der Waals surface area contributed by atoms with Crippen molar-refractivity contribution in [1.82, 2.24) is 0 Å². The molecule has 104 valence electrons. The van der Waals surface area contributed by atoms with E-state index in [4.69, 9.17) is 0 Å². The van der Waals surface area contributed by atoms with E-state index >= 15 is 0 Å². The monoisotopic (exact) mass is 261 g/mol. The van der Waals surface area contributed by atoms with Gasteiger partial charge in [0.05, 0.1) is 12.0 Å². The number of hydrogen-bond donors (Lipinski definition) is 2. The number of carbonyl (C=O) groups excluding carboxylic acids is 1. The Kier molecular flexibility index (Phi) is 3.68. The SMILES string of the molecule is CC(C)(C)c1ccc(NC(=O)C2(CO)CCC2)cc1. The van der Waals surface area contributed by atoms with E-state index in [0.29, 0.717) is 0 Å². The van der Waals surface area contributed by atoms with Crippen molar-refractivity contribution in [3.8, 4) is 0 Å². The molecule has 19 heavy (non-hydrogen) atoms. The molecule has 0 saturated heterocycles. The second-order valence-electron chi connectivity index (χ2n) is 6.57. The average molecular weight is 261 g/mol. The Balaban J connectivity index is 2.06. The second kappa shape index (κ2) is 4.97. The van der Waals surface area contributed by atoms with Crippen LogP contribution >= 0.6 is 0 Å². The van der Waals surface area contributed by atoms with Crippen LogP contribution in [0.2, 0.25) is 0 Å². The molecule has 1 aromatic rings. The zero-order valence-electron chi connectivity index (χ0n) is 12.0. The van der Waals surface area contributed by atoms with Gasteiger partial charge in [0.1, 0.15) is 0 Å². The van der Waals surface area contributed by atoms with Gasteiger partial charge in [0.15, 0.2) is 0 Å². The molecular formula is C16H23NO2. The summed E-state index contributed by atoms with van der Waals surface area (Å²) in [7, 11) is 0. The number of carbonyl (C=O) groups is 1. The maximum atomic E-state index is 12.2. The predicted molar refractivity (Wildman–Crippen MR) is 77.1 cm³/mol. The van der Waals surface area contributed by atoms with Crippen LogP contribution in [-0.4, -0.2) is 17.6 Å². The fraction of sp³-hybridized carbons (Fsp3) is 0.562. The van der Waals surface area contributed by atoms with E-state index in [2.05, 4.69) is 26.1 Å². The van der Waals surface area contributed by atoms with Gasteiger partial charge in [-0.15, -0.1) is 0 Å².